The number of aromatic nitrogens is 3. The largest absolute Gasteiger partial charge is 0.488 e. The first-order valence-corrected chi connectivity index (χ1v) is 9.92. The Kier molecular flexibility index (Phi) is 3.85. The maximum atomic E-state index is 12.1. The van der Waals surface area contributed by atoms with Crippen molar-refractivity contribution in [3.8, 4) is 22.9 Å². The number of benzene rings is 1. The highest BCUT2D eigenvalue weighted by Gasteiger charge is 2.25. The predicted molar refractivity (Wildman–Crippen MR) is 107 cm³/mol. The van der Waals surface area contributed by atoms with Gasteiger partial charge >= 0.3 is 0 Å². The van der Waals surface area contributed by atoms with E-state index in [-0.39, 0.29) is 10.7 Å². The Morgan fingerprint density at radius 2 is 2.17 bits per heavy atom. The minimum absolute atomic E-state index is 0.181. The molecular weight excluding hydrogens is 392 g/mol. The van der Waals surface area contributed by atoms with Crippen LogP contribution < -0.4 is 14.4 Å². The molecule has 2 aliphatic rings. The highest BCUT2D eigenvalue weighted by Crippen LogP contribution is 2.34. The molecule has 4 heterocycles. The van der Waals surface area contributed by atoms with Gasteiger partial charge in [0.1, 0.15) is 12.7 Å². The van der Waals surface area contributed by atoms with Crippen molar-refractivity contribution in [2.45, 2.75) is 0 Å². The van der Waals surface area contributed by atoms with Crippen LogP contribution in [-0.2, 0) is 15.8 Å². The van der Waals surface area contributed by atoms with E-state index in [9.17, 15) is 14.3 Å². The third-order valence-electron chi connectivity index (χ3n) is 4.84. The highest BCUT2D eigenvalue weighted by atomic mass is 32.2. The van der Waals surface area contributed by atoms with Gasteiger partial charge in [-0.05, 0) is 23.8 Å². The van der Waals surface area contributed by atoms with E-state index in [0.717, 1.165) is 23.5 Å². The van der Waals surface area contributed by atoms with Gasteiger partial charge in [0.25, 0.3) is 5.91 Å². The van der Waals surface area contributed by atoms with Gasteiger partial charge < -0.3 is 9.64 Å². The third kappa shape index (κ3) is 2.75. The first-order valence-electron chi connectivity index (χ1n) is 8.77. The Labute approximate surface area is 167 Å². The van der Waals surface area contributed by atoms with Gasteiger partial charge in [0.2, 0.25) is 0 Å². The zero-order chi connectivity index (χ0) is 20.1. The molecule has 0 aliphatic carbocycles. The van der Waals surface area contributed by atoms with Crippen molar-refractivity contribution < 1.29 is 13.7 Å². The summed E-state index contributed by atoms with van der Waals surface area (Å²) in [4.78, 5) is 18.1. The van der Waals surface area contributed by atoms with Crippen LogP contribution in [0.1, 0.15) is 5.69 Å². The van der Waals surface area contributed by atoms with Crippen molar-refractivity contribution in [2.75, 3.05) is 25.1 Å². The predicted octanol–water partition coefficient (Wildman–Crippen LogP) is 1.39. The molecule has 3 aromatic rings. The molecule has 0 spiro atoms. The van der Waals surface area contributed by atoms with E-state index in [2.05, 4.69) is 20.9 Å². The first kappa shape index (κ1) is 17.4. The zero-order valence-corrected chi connectivity index (χ0v) is 16.1. The van der Waals surface area contributed by atoms with Crippen LogP contribution in [0.5, 0.6) is 5.75 Å². The van der Waals surface area contributed by atoms with Crippen molar-refractivity contribution in [2.24, 2.45) is 0 Å². The minimum Gasteiger partial charge on any atom is -0.488 e. The van der Waals surface area contributed by atoms with E-state index in [1.54, 1.807) is 12.3 Å². The monoisotopic (exact) mass is 406 g/mol. The molecule has 9 nitrogen and oxygen atoms in total. The maximum Gasteiger partial charge on any atom is 0.258 e. The standard InChI is InChI=1S/C19H14N6O3S/c1-24-4-5-28-16-7-12(10-21-19(16)24)11-2-3-15-13(6-11)14(9-20)22-25(15)18-8-17(26)23-29(18)27/h2-3,6-8,10H,4-5H2,1H3,(H,23,26). The summed E-state index contributed by atoms with van der Waals surface area (Å²) in [5.41, 5.74) is 2.46. The van der Waals surface area contributed by atoms with Crippen molar-refractivity contribution in [3.05, 3.63) is 42.2 Å². The van der Waals surface area contributed by atoms with Gasteiger partial charge in [-0.15, -0.1) is 0 Å². The molecular formula is C19H14N6O3S. The van der Waals surface area contributed by atoms with Gasteiger partial charge in [-0.3, -0.25) is 9.52 Å². The fourth-order valence-corrected chi connectivity index (χ4v) is 4.27. The Hall–Kier alpha value is -3.71. The molecule has 0 bridgehead atoms. The number of anilines is 1. The molecule has 29 heavy (non-hydrogen) atoms. The van der Waals surface area contributed by atoms with Crippen LogP contribution in [0.2, 0.25) is 0 Å². The van der Waals surface area contributed by atoms with Gasteiger partial charge in [0.15, 0.2) is 33.3 Å². The van der Waals surface area contributed by atoms with Gasteiger partial charge in [0.05, 0.1) is 12.1 Å². The Bertz CT molecular complexity index is 1290. The summed E-state index contributed by atoms with van der Waals surface area (Å²) >= 11 is 0. The van der Waals surface area contributed by atoms with E-state index >= 15 is 0 Å². The first-order chi connectivity index (χ1) is 14.0. The van der Waals surface area contributed by atoms with Crippen LogP contribution >= 0.6 is 0 Å². The summed E-state index contributed by atoms with van der Waals surface area (Å²) in [5, 5.41) is 14.6. The van der Waals surface area contributed by atoms with Crippen LogP contribution in [0.25, 0.3) is 27.1 Å². The molecule has 0 fully saturated rings. The number of likely N-dealkylation sites (N-methyl/N-ethyl adjacent to an activating group) is 1. The summed E-state index contributed by atoms with van der Waals surface area (Å²) in [6.07, 6.45) is 2.98. The van der Waals surface area contributed by atoms with E-state index in [4.69, 9.17) is 4.74 Å². The Morgan fingerprint density at radius 3 is 2.93 bits per heavy atom. The second-order valence-corrected chi connectivity index (χ2v) is 7.80. The van der Waals surface area contributed by atoms with Crippen molar-refractivity contribution in [1.82, 2.24) is 19.5 Å². The van der Waals surface area contributed by atoms with Crippen LogP contribution in [-0.4, -0.2) is 45.1 Å². The lowest BCUT2D eigenvalue weighted by Gasteiger charge is -2.26. The zero-order valence-electron chi connectivity index (χ0n) is 15.2. The number of amides is 1. The molecule has 1 atom stereocenters. The number of pyridine rings is 1. The summed E-state index contributed by atoms with van der Waals surface area (Å²) < 4.78 is 21.5. The molecule has 1 aromatic carbocycles. The molecule has 10 heteroatoms. The Balaban J connectivity index is 1.63. The lowest BCUT2D eigenvalue weighted by molar-refractivity contribution is -0.114. The van der Waals surface area contributed by atoms with Gasteiger partial charge in [-0.1, -0.05) is 6.07 Å². The smallest absolute Gasteiger partial charge is 0.258 e. The average Bonchev–Trinajstić information content (AvgIpc) is 3.26. The van der Waals surface area contributed by atoms with Crippen LogP contribution in [0.4, 0.5) is 5.82 Å². The minimum atomic E-state index is -1.71. The number of ether oxygens (including phenoxy) is 1. The quantitative estimate of drug-likeness (QED) is 0.684. The normalized spacial score (nSPS) is 18.1. The molecule has 1 N–H and O–H groups in total. The summed E-state index contributed by atoms with van der Waals surface area (Å²) in [5.74, 6) is 1.05. The van der Waals surface area contributed by atoms with Crippen LogP contribution in [0, 0.1) is 11.3 Å². The number of nitrogens with one attached hydrogen (secondary N) is 1. The van der Waals surface area contributed by atoms with E-state index in [0.29, 0.717) is 23.3 Å². The van der Waals surface area contributed by atoms with Crippen molar-refractivity contribution in [1.29, 1.82) is 5.26 Å². The number of fused-ring (bicyclic) bond motifs is 2. The van der Waals surface area contributed by atoms with Crippen LogP contribution in [0.15, 0.2) is 36.5 Å². The number of nitriles is 1. The molecule has 2 aromatic heterocycles. The molecule has 1 amide bonds. The molecule has 1 unspecified atom stereocenters. The molecule has 0 saturated heterocycles. The summed E-state index contributed by atoms with van der Waals surface area (Å²) in [7, 11) is 0.256. The fraction of sp³-hybridized carbons (Fsp3) is 0.158. The second-order valence-electron chi connectivity index (χ2n) is 6.64. The lowest BCUT2D eigenvalue weighted by atomic mass is 10.0. The molecule has 0 radical (unpaired) electrons. The number of rotatable bonds is 2. The maximum absolute atomic E-state index is 12.1. The number of carbonyl (C=O) groups excluding carboxylic acids is 1. The number of hydrogen-bond donors (Lipinski definition) is 1. The molecule has 0 saturated carbocycles. The summed E-state index contributed by atoms with van der Waals surface area (Å²) in [6, 6.07) is 9.47. The van der Waals surface area contributed by atoms with Crippen LogP contribution in [0.3, 0.4) is 0 Å². The number of hydrogen-bond acceptors (Lipinski definition) is 7. The van der Waals surface area contributed by atoms with Gasteiger partial charge in [0, 0.05) is 30.3 Å². The lowest BCUT2D eigenvalue weighted by Crippen LogP contribution is -2.29. The van der Waals surface area contributed by atoms with E-state index in [1.807, 2.05) is 30.1 Å². The number of carbonyl (C=O) groups is 1. The molecule has 2 aliphatic heterocycles. The third-order valence-corrected chi connectivity index (χ3v) is 5.90. The second kappa shape index (κ2) is 6.42. The van der Waals surface area contributed by atoms with Gasteiger partial charge in [-0.25, -0.2) is 13.9 Å². The van der Waals surface area contributed by atoms with E-state index < -0.39 is 16.9 Å². The van der Waals surface area contributed by atoms with Gasteiger partial charge in [-0.2, -0.15) is 10.4 Å². The van der Waals surface area contributed by atoms with E-state index in [1.165, 1.54) is 10.8 Å². The SMILES string of the molecule is CN1CCOc2cc(-c3ccc4c(c3)c(C#N)nn4C3=CC(=O)NS3=O)cnc21. The Morgan fingerprint density at radius 1 is 1.31 bits per heavy atom. The summed E-state index contributed by atoms with van der Waals surface area (Å²) in [6.45, 7) is 1.38. The molecule has 5 rings (SSSR count). The number of nitrogens with zero attached hydrogens (tertiary/aromatic N) is 5. The highest BCUT2D eigenvalue weighted by molar-refractivity contribution is 7.93. The fourth-order valence-electron chi connectivity index (χ4n) is 3.41. The topological polar surface area (TPSA) is 113 Å². The van der Waals surface area contributed by atoms with Crippen molar-refractivity contribution >= 4 is 38.6 Å². The average molecular weight is 406 g/mol. The van der Waals surface area contributed by atoms with Crippen molar-refractivity contribution in [3.63, 3.8) is 0 Å². The molecule has 144 valence electrons.